The lowest BCUT2D eigenvalue weighted by atomic mass is 10.2. The zero-order valence-corrected chi connectivity index (χ0v) is 90.6. The standard InChI is InChI=1S/7C15H20N2O4.O2S/c3*1-9-5-6-12-10(7-9)16-13(18)11(8-20-12)17-14(19)21-15(2,3)4;2*1-9-5-6-10-12(7-9)20-8-11(13(18)16-10)17-14(19)21-15(2,3)4;1-9-6-5-7-11-12(9)17-13(18)10(8-20-11)16-14(19)21-15(2,3)4;1-9-6-5-7-10-12(9)20-8-11(13(18)16-10)17-14(19)21-15(2,3)4;1-3-2/h5*5-7,11H,8H2,1-4H3,(H,16,18)(H,17,19);5-7,10H,8H2,1-4H3,(H,16,19)(H,17,18);5-7,11H,8H2,1-4H3,(H,16,18)(H,17,19);/t5*11-;10-;11-;/m0000000./s1. The van der Waals surface area contributed by atoms with Crippen LogP contribution in [0.1, 0.15) is 184 Å². The van der Waals surface area contributed by atoms with Gasteiger partial charge in [0.15, 0.2) is 0 Å². The van der Waals surface area contributed by atoms with E-state index in [9.17, 15) is 67.1 Å². The van der Waals surface area contributed by atoms with Crippen LogP contribution in [0.2, 0.25) is 0 Å². The van der Waals surface area contributed by atoms with E-state index in [1.807, 2.05) is 133 Å². The van der Waals surface area contributed by atoms with Crippen molar-refractivity contribution in [2.75, 3.05) is 83.5 Å². The van der Waals surface area contributed by atoms with Crippen LogP contribution >= 0.6 is 0 Å². The van der Waals surface area contributed by atoms with Crippen LogP contribution < -0.4 is 108 Å². The fraction of sp³-hybridized carbons (Fsp3) is 0.467. The van der Waals surface area contributed by atoms with Gasteiger partial charge in [0.1, 0.15) is 168 Å². The summed E-state index contributed by atoms with van der Waals surface area (Å²) in [6.45, 7) is 50.8. The second kappa shape index (κ2) is 53.1. The van der Waals surface area contributed by atoms with Gasteiger partial charge in [-0.15, -0.1) is 0 Å². The van der Waals surface area contributed by atoms with Gasteiger partial charge in [-0.25, -0.2) is 33.6 Å². The molecule has 7 atom stereocenters. The summed E-state index contributed by atoms with van der Waals surface area (Å²) in [6.07, 6.45) is -4.51. The Morgan fingerprint density at radius 2 is 0.453 bits per heavy atom. The van der Waals surface area contributed by atoms with Gasteiger partial charge in [-0.05, 0) is 306 Å². The van der Waals surface area contributed by atoms with Crippen molar-refractivity contribution < 1.29 is 142 Å². The Morgan fingerprint density at radius 1 is 0.247 bits per heavy atom. The van der Waals surface area contributed by atoms with E-state index in [4.69, 9.17) is 74.7 Å². The normalized spacial score (nSPS) is 17.6. The Hall–Kier alpha value is -15.9. The molecule has 14 amide bonds. The summed E-state index contributed by atoms with van der Waals surface area (Å²) in [5.41, 5.74) is 6.83. The summed E-state index contributed by atoms with van der Waals surface area (Å²) in [4.78, 5) is 167. The third kappa shape index (κ3) is 42.5. The number of para-hydroxylation sites is 2. The van der Waals surface area contributed by atoms with Crippen molar-refractivity contribution in [1.29, 1.82) is 0 Å². The lowest BCUT2D eigenvalue weighted by Crippen LogP contribution is -2.48. The molecule has 7 aliphatic heterocycles. The summed E-state index contributed by atoms with van der Waals surface area (Å²) in [7, 11) is 0. The number of nitrogens with one attached hydrogen (secondary N) is 14. The van der Waals surface area contributed by atoms with E-state index in [2.05, 4.69) is 74.4 Å². The van der Waals surface area contributed by atoms with Crippen LogP contribution in [0.25, 0.3) is 0 Å². The van der Waals surface area contributed by atoms with Gasteiger partial charge < -0.3 is 141 Å². The molecule has 150 heavy (non-hydrogen) atoms. The number of ether oxygens (including phenoxy) is 14. The summed E-state index contributed by atoms with van der Waals surface area (Å²) in [6, 6.07) is 32.9. The largest absolute Gasteiger partial charge is 0.489 e. The van der Waals surface area contributed by atoms with Gasteiger partial charge in [0.2, 0.25) is 0 Å². The molecule has 44 nitrogen and oxygen atoms in total. The lowest BCUT2D eigenvalue weighted by Gasteiger charge is -2.22. The first-order valence-corrected chi connectivity index (χ1v) is 48.5. The summed E-state index contributed by atoms with van der Waals surface area (Å²) >= 11 is -0.750. The Labute approximate surface area is 875 Å². The third-order valence-electron chi connectivity index (χ3n) is 19.8. The Kier molecular flexibility index (Phi) is 42.9. The molecule has 7 aromatic carbocycles. The zero-order valence-electron chi connectivity index (χ0n) is 89.8. The SMILES string of the molecule is Cc1ccc2c(c1)NC(=O)[C@@H](NC(=O)OC(C)(C)C)CO2.Cc1ccc2c(c1)NC(=O)[C@@H](NC(=O)OC(C)(C)C)CO2.Cc1ccc2c(c1)NC(=O)[C@@H](NC(=O)OC(C)(C)C)CO2.Cc1ccc2c(c1)OC[C@H](NC(=O)OC(C)(C)C)C(=O)N2.Cc1ccc2c(c1)OC[C@H](NC(=O)OC(C)(C)C)C(=O)N2.Cc1cccc2c1NC(=O)[C@@H](NC(=O)OC(C)(C)C)CO2.Cc1cccc2c1OC[C@H](NC(=O)OC(C)(C)C)C(=O)N2.O=S=O. The number of rotatable bonds is 7. The highest BCUT2D eigenvalue weighted by molar-refractivity contribution is 7.51. The molecule has 14 rings (SSSR count). The fourth-order valence-corrected chi connectivity index (χ4v) is 13.3. The molecule has 7 heterocycles. The highest BCUT2D eigenvalue weighted by Crippen LogP contribution is 2.37. The van der Waals surface area contributed by atoms with E-state index in [1.54, 1.807) is 188 Å². The molecule has 0 saturated carbocycles. The van der Waals surface area contributed by atoms with E-state index in [0.717, 1.165) is 38.9 Å². The molecule has 816 valence electrons. The third-order valence-corrected chi connectivity index (χ3v) is 19.8. The molecule has 0 unspecified atom stereocenters. The molecule has 0 bridgehead atoms. The number of carbonyl (C=O) groups excluding carboxylic acids is 14. The maximum absolute atomic E-state index is 12.2. The van der Waals surface area contributed by atoms with E-state index < -0.39 is 136 Å². The molecule has 45 heteroatoms. The van der Waals surface area contributed by atoms with Crippen molar-refractivity contribution in [2.24, 2.45) is 0 Å². The van der Waals surface area contributed by atoms with Crippen molar-refractivity contribution in [3.63, 3.8) is 0 Å². The van der Waals surface area contributed by atoms with Gasteiger partial charge >= 0.3 is 54.2 Å². The number of aryl methyl sites for hydroxylation is 7. The minimum Gasteiger partial charge on any atom is -0.489 e. The number of alkyl carbamates (subject to hydrolysis) is 7. The maximum atomic E-state index is 12.2. The van der Waals surface area contributed by atoms with Crippen LogP contribution in [0.4, 0.5) is 73.4 Å². The topological polar surface area (TPSA) is 571 Å². The molecular weight excluding hydrogens is 1970 g/mol. The highest BCUT2D eigenvalue weighted by atomic mass is 32.1. The molecular formula is C105H140N14O30S. The number of fused-ring (bicyclic) bond motifs is 7. The van der Waals surface area contributed by atoms with Gasteiger partial charge in [0, 0.05) is 0 Å². The monoisotopic (exact) mass is 2110 g/mol. The first-order valence-electron chi connectivity index (χ1n) is 47.8. The van der Waals surface area contributed by atoms with Crippen LogP contribution in [0.15, 0.2) is 127 Å². The van der Waals surface area contributed by atoms with Crippen LogP contribution in [-0.4, -0.2) is 220 Å². The molecule has 0 radical (unpaired) electrons. The van der Waals surface area contributed by atoms with Crippen LogP contribution in [-0.2, 0) is 78.3 Å². The Balaban J connectivity index is 0.000000235. The van der Waals surface area contributed by atoms with Gasteiger partial charge in [0.05, 0.1) is 39.8 Å². The number of carbonyl (C=O) groups is 14. The smallest absolute Gasteiger partial charge is 0.408 e. The maximum Gasteiger partial charge on any atom is 0.408 e. The van der Waals surface area contributed by atoms with E-state index >= 15 is 0 Å². The molecule has 0 spiro atoms. The summed E-state index contributed by atoms with van der Waals surface area (Å²) in [5.74, 6) is 1.86. The lowest BCUT2D eigenvalue weighted by molar-refractivity contribution is -0.119. The van der Waals surface area contributed by atoms with E-state index in [-0.39, 0.29) is 87.6 Å². The van der Waals surface area contributed by atoms with Crippen molar-refractivity contribution >= 4 is 135 Å². The number of anilines is 7. The Bertz CT molecular complexity index is 5610. The van der Waals surface area contributed by atoms with Crippen LogP contribution in [0, 0.1) is 48.5 Å². The highest BCUT2D eigenvalue weighted by Gasteiger charge is 2.38. The fourth-order valence-electron chi connectivity index (χ4n) is 13.3. The minimum atomic E-state index is -0.799. The number of amides is 14. The van der Waals surface area contributed by atoms with Gasteiger partial charge in [-0.1, -0.05) is 54.6 Å². The van der Waals surface area contributed by atoms with Crippen LogP contribution in [0.5, 0.6) is 40.2 Å². The molecule has 14 N–H and O–H groups in total. The van der Waals surface area contributed by atoms with Gasteiger partial charge in [-0.2, -0.15) is 8.42 Å². The predicted molar refractivity (Wildman–Crippen MR) is 558 cm³/mol. The van der Waals surface area contributed by atoms with E-state index in [1.165, 1.54) is 0 Å². The Morgan fingerprint density at radius 3 is 0.720 bits per heavy atom. The van der Waals surface area contributed by atoms with E-state index in [0.29, 0.717) is 80.1 Å². The first kappa shape index (κ1) is 121. The molecule has 0 fully saturated rings. The second-order valence-electron chi connectivity index (χ2n) is 42.0. The molecule has 7 aromatic rings. The average molecular weight is 2110 g/mol. The molecule has 7 aliphatic rings. The zero-order chi connectivity index (χ0) is 112. The van der Waals surface area contributed by atoms with Crippen molar-refractivity contribution in [2.45, 2.75) is 275 Å². The molecule has 0 aliphatic carbocycles. The number of hydrogen-bond donors (Lipinski definition) is 14. The molecule has 0 aromatic heterocycles. The van der Waals surface area contributed by atoms with Gasteiger partial charge in [-0.3, -0.25) is 33.6 Å². The molecule has 0 saturated heterocycles. The summed E-state index contributed by atoms with van der Waals surface area (Å²) < 4.78 is 91.7. The van der Waals surface area contributed by atoms with Crippen molar-refractivity contribution in [3.05, 3.63) is 166 Å². The second-order valence-corrected chi connectivity index (χ2v) is 42.1. The minimum absolute atomic E-state index is 0.0567. The van der Waals surface area contributed by atoms with Crippen molar-refractivity contribution in [3.8, 4) is 40.2 Å². The average Bonchev–Trinajstić information content (AvgIpc) is 1.70. The predicted octanol–water partition coefficient (Wildman–Crippen LogP) is 14.9. The number of hydrogen-bond acceptors (Lipinski definition) is 30. The van der Waals surface area contributed by atoms with Gasteiger partial charge in [0.25, 0.3) is 41.4 Å². The number of benzene rings is 7. The first-order chi connectivity index (χ1) is 69.6. The summed E-state index contributed by atoms with van der Waals surface area (Å²) in [5, 5.41) is 36.9. The van der Waals surface area contributed by atoms with Crippen LogP contribution in [0.3, 0.4) is 0 Å². The quantitative estimate of drug-likeness (QED) is 0.0659. The van der Waals surface area contributed by atoms with Crippen molar-refractivity contribution in [1.82, 2.24) is 37.2 Å².